The lowest BCUT2D eigenvalue weighted by atomic mass is 9.88. The Labute approximate surface area is 153 Å². The summed E-state index contributed by atoms with van der Waals surface area (Å²) in [5.41, 5.74) is 1.57. The number of esters is 1. The van der Waals surface area contributed by atoms with Gasteiger partial charge in [-0.1, -0.05) is 24.3 Å². The van der Waals surface area contributed by atoms with Crippen LogP contribution in [0.1, 0.15) is 17.5 Å². The number of carbonyl (C=O) groups excluding carboxylic acids is 1. The third-order valence-corrected chi connectivity index (χ3v) is 5.23. The Morgan fingerprint density at radius 3 is 2.73 bits per heavy atom. The lowest BCUT2D eigenvalue weighted by molar-refractivity contribution is -0.143. The van der Waals surface area contributed by atoms with Gasteiger partial charge in [0, 0.05) is 25.6 Å². The van der Waals surface area contributed by atoms with Crippen LogP contribution in [-0.2, 0) is 26.3 Å². The van der Waals surface area contributed by atoms with Gasteiger partial charge < -0.3 is 19.5 Å². The van der Waals surface area contributed by atoms with Gasteiger partial charge in [0.2, 0.25) is 0 Å². The van der Waals surface area contributed by atoms with Crippen molar-refractivity contribution in [1.29, 1.82) is 0 Å². The highest BCUT2D eigenvalue weighted by atomic mass is 16.5. The predicted molar refractivity (Wildman–Crippen MR) is 102 cm³/mol. The third kappa shape index (κ3) is 3.08. The fourth-order valence-corrected chi connectivity index (χ4v) is 3.76. The zero-order valence-corrected chi connectivity index (χ0v) is 15.5. The number of carbonyl (C=O) groups is 1. The maximum atomic E-state index is 11.9. The van der Waals surface area contributed by atoms with Crippen molar-refractivity contribution in [3.8, 4) is 5.75 Å². The molecule has 1 heterocycles. The molecule has 5 heteroatoms. The van der Waals surface area contributed by atoms with Crippen LogP contribution in [0.5, 0.6) is 5.75 Å². The molecule has 1 saturated heterocycles. The fourth-order valence-electron chi connectivity index (χ4n) is 3.76. The van der Waals surface area contributed by atoms with Crippen LogP contribution >= 0.6 is 0 Å². The van der Waals surface area contributed by atoms with Gasteiger partial charge in [-0.3, -0.25) is 4.79 Å². The molecule has 0 amide bonds. The number of benzene rings is 2. The molecule has 0 aromatic heterocycles. The lowest BCUT2D eigenvalue weighted by Crippen LogP contribution is -2.31. The van der Waals surface area contributed by atoms with Crippen LogP contribution in [0, 0.1) is 0 Å². The third-order valence-electron chi connectivity index (χ3n) is 5.23. The van der Waals surface area contributed by atoms with E-state index in [-0.39, 0.29) is 12.0 Å². The van der Waals surface area contributed by atoms with Gasteiger partial charge in [-0.15, -0.1) is 6.58 Å². The summed E-state index contributed by atoms with van der Waals surface area (Å²) in [6.45, 7) is 4.42. The Bertz CT molecular complexity index is 832. The molecule has 0 saturated carbocycles. The number of fused-ring (bicyclic) bond motifs is 1. The number of hydrogen-bond donors (Lipinski definition) is 1. The highest BCUT2D eigenvalue weighted by Crippen LogP contribution is 2.38. The first-order valence-electron chi connectivity index (χ1n) is 8.66. The summed E-state index contributed by atoms with van der Waals surface area (Å²) >= 11 is 0. The van der Waals surface area contributed by atoms with Gasteiger partial charge in [0.05, 0.1) is 14.2 Å². The van der Waals surface area contributed by atoms with Crippen molar-refractivity contribution in [1.82, 2.24) is 5.32 Å². The Morgan fingerprint density at radius 2 is 2.08 bits per heavy atom. The molecule has 138 valence electrons. The van der Waals surface area contributed by atoms with E-state index in [2.05, 4.69) is 30.1 Å². The van der Waals surface area contributed by atoms with Crippen molar-refractivity contribution in [3.05, 3.63) is 54.1 Å². The number of nitrogens with one attached hydrogen (secondary N) is 1. The molecule has 1 fully saturated rings. The van der Waals surface area contributed by atoms with E-state index in [0.29, 0.717) is 19.4 Å². The average molecular weight is 355 g/mol. The monoisotopic (exact) mass is 355 g/mol. The highest BCUT2D eigenvalue weighted by Gasteiger charge is 2.44. The number of rotatable bonds is 6. The van der Waals surface area contributed by atoms with Crippen molar-refractivity contribution < 1.29 is 19.0 Å². The maximum absolute atomic E-state index is 11.9. The molecule has 1 aliphatic heterocycles. The van der Waals surface area contributed by atoms with Crippen LogP contribution in [0.4, 0.5) is 0 Å². The van der Waals surface area contributed by atoms with Crippen LogP contribution in [0.2, 0.25) is 0 Å². The smallest absolute Gasteiger partial charge is 0.322 e. The van der Waals surface area contributed by atoms with E-state index in [1.54, 1.807) is 14.2 Å². The number of allylic oxidation sites excluding steroid dienone is 1. The summed E-state index contributed by atoms with van der Waals surface area (Å²) in [6, 6.07) is 9.96. The van der Waals surface area contributed by atoms with E-state index in [4.69, 9.17) is 14.2 Å². The summed E-state index contributed by atoms with van der Waals surface area (Å²) in [6.07, 6.45) is 3.12. The van der Waals surface area contributed by atoms with E-state index in [1.807, 2.05) is 18.2 Å². The van der Waals surface area contributed by atoms with Crippen molar-refractivity contribution in [2.75, 3.05) is 27.9 Å². The summed E-state index contributed by atoms with van der Waals surface area (Å²) in [5, 5.41) is 5.46. The SMILES string of the molecule is C=CCc1c(OC)ccc2ccc(C3(OC)CNC(C(=O)OC)C3)cc12. The van der Waals surface area contributed by atoms with Gasteiger partial charge in [0.25, 0.3) is 0 Å². The normalized spacial score (nSPS) is 22.3. The van der Waals surface area contributed by atoms with Crippen LogP contribution in [0.25, 0.3) is 10.8 Å². The second kappa shape index (κ2) is 7.48. The Balaban J connectivity index is 2.08. The summed E-state index contributed by atoms with van der Waals surface area (Å²) < 4.78 is 16.3. The molecule has 2 unspecified atom stereocenters. The largest absolute Gasteiger partial charge is 0.496 e. The molecule has 2 aromatic carbocycles. The molecule has 1 aliphatic rings. The zero-order chi connectivity index (χ0) is 18.7. The quantitative estimate of drug-likeness (QED) is 0.638. The number of hydrogen-bond acceptors (Lipinski definition) is 5. The molecule has 0 aliphatic carbocycles. The van der Waals surface area contributed by atoms with Crippen molar-refractivity contribution >= 4 is 16.7 Å². The molecule has 5 nitrogen and oxygen atoms in total. The molecule has 0 bridgehead atoms. The number of ether oxygens (including phenoxy) is 3. The minimum atomic E-state index is -0.568. The van der Waals surface area contributed by atoms with Crippen LogP contribution in [0.15, 0.2) is 43.0 Å². The van der Waals surface area contributed by atoms with Gasteiger partial charge in [0.15, 0.2) is 0 Å². The van der Waals surface area contributed by atoms with Gasteiger partial charge in [0.1, 0.15) is 17.4 Å². The second-order valence-corrected chi connectivity index (χ2v) is 6.53. The topological polar surface area (TPSA) is 56.8 Å². The van der Waals surface area contributed by atoms with Crippen LogP contribution in [-0.4, -0.2) is 39.9 Å². The molecule has 26 heavy (non-hydrogen) atoms. The van der Waals surface area contributed by atoms with E-state index in [0.717, 1.165) is 27.6 Å². The van der Waals surface area contributed by atoms with Crippen molar-refractivity contribution in [3.63, 3.8) is 0 Å². The molecule has 0 radical (unpaired) electrons. The van der Waals surface area contributed by atoms with Crippen LogP contribution in [0.3, 0.4) is 0 Å². The molecule has 0 spiro atoms. The minimum absolute atomic E-state index is 0.265. The van der Waals surface area contributed by atoms with E-state index >= 15 is 0 Å². The molecule has 1 N–H and O–H groups in total. The summed E-state index contributed by atoms with van der Waals surface area (Å²) in [4.78, 5) is 11.9. The first-order valence-corrected chi connectivity index (χ1v) is 8.66. The summed E-state index contributed by atoms with van der Waals surface area (Å²) in [5.74, 6) is 0.580. The fraction of sp³-hybridized carbons (Fsp3) is 0.381. The van der Waals surface area contributed by atoms with Gasteiger partial charge in [-0.05, 0) is 34.9 Å². The maximum Gasteiger partial charge on any atom is 0.322 e. The minimum Gasteiger partial charge on any atom is -0.496 e. The first-order chi connectivity index (χ1) is 12.6. The Kier molecular flexibility index (Phi) is 5.30. The van der Waals surface area contributed by atoms with E-state index < -0.39 is 5.60 Å². The van der Waals surface area contributed by atoms with Crippen molar-refractivity contribution in [2.45, 2.75) is 24.5 Å². The van der Waals surface area contributed by atoms with Crippen LogP contribution < -0.4 is 10.1 Å². The molecule has 2 atom stereocenters. The summed E-state index contributed by atoms with van der Waals surface area (Å²) in [7, 11) is 4.76. The molecule has 3 rings (SSSR count). The van der Waals surface area contributed by atoms with Gasteiger partial charge in [-0.2, -0.15) is 0 Å². The zero-order valence-electron chi connectivity index (χ0n) is 15.5. The average Bonchev–Trinajstić information content (AvgIpc) is 3.13. The Hall–Kier alpha value is -2.37. The van der Waals surface area contributed by atoms with E-state index in [1.165, 1.54) is 7.11 Å². The van der Waals surface area contributed by atoms with Gasteiger partial charge >= 0.3 is 5.97 Å². The first kappa shape index (κ1) is 18.4. The molecular weight excluding hydrogens is 330 g/mol. The molecular formula is C21H25NO4. The van der Waals surface area contributed by atoms with Crippen molar-refractivity contribution in [2.24, 2.45) is 0 Å². The standard InChI is InChI=1S/C21H25NO4/c1-5-6-16-17-11-15(9-7-14(17)8-10-19(16)24-2)21(26-4)12-18(22-13-21)20(23)25-3/h5,7-11,18,22H,1,6,12-13H2,2-4H3. The predicted octanol–water partition coefficient (Wildman–Crippen LogP) is 2.95. The van der Waals surface area contributed by atoms with E-state index in [9.17, 15) is 4.79 Å². The lowest BCUT2D eigenvalue weighted by Gasteiger charge is -2.28. The van der Waals surface area contributed by atoms with Gasteiger partial charge in [-0.25, -0.2) is 0 Å². The molecule has 2 aromatic rings. The highest BCUT2D eigenvalue weighted by molar-refractivity contribution is 5.89. The second-order valence-electron chi connectivity index (χ2n) is 6.53. The number of methoxy groups -OCH3 is 3. The Morgan fingerprint density at radius 1 is 1.31 bits per heavy atom.